The van der Waals surface area contributed by atoms with Crippen LogP contribution in [0.15, 0.2) is 18.2 Å². The third kappa shape index (κ3) is 5.37. The molecule has 4 nitrogen and oxygen atoms in total. The van der Waals surface area contributed by atoms with Crippen LogP contribution >= 0.6 is 23.2 Å². The highest BCUT2D eigenvalue weighted by Gasteiger charge is 2.06. The van der Waals surface area contributed by atoms with Gasteiger partial charge in [-0.1, -0.05) is 23.2 Å². The molecular weight excluding hydrogens is 265 g/mol. The van der Waals surface area contributed by atoms with E-state index in [0.29, 0.717) is 28.9 Å². The van der Waals surface area contributed by atoms with Crippen LogP contribution in [-0.2, 0) is 14.3 Å². The lowest BCUT2D eigenvalue weighted by Crippen LogP contribution is -2.19. The summed E-state index contributed by atoms with van der Waals surface area (Å²) in [6, 6.07) is 4.84. The van der Waals surface area contributed by atoms with E-state index in [1.165, 1.54) is 0 Å². The van der Waals surface area contributed by atoms with Gasteiger partial charge in [0.2, 0.25) is 5.91 Å². The standard InChI is InChI=1S/C11H13Cl2NO3/c1-16-4-5-17-7-11(15)14-10-6-8(12)2-3-9(10)13/h2-3,6H,4-5,7H2,1H3,(H,14,15). The molecule has 0 atom stereocenters. The molecule has 6 heteroatoms. The van der Waals surface area contributed by atoms with Crippen molar-refractivity contribution in [3.63, 3.8) is 0 Å². The molecule has 0 aliphatic carbocycles. The highest BCUT2D eigenvalue weighted by atomic mass is 35.5. The number of ether oxygens (including phenoxy) is 2. The van der Waals surface area contributed by atoms with Crippen molar-refractivity contribution < 1.29 is 14.3 Å². The highest BCUT2D eigenvalue weighted by molar-refractivity contribution is 6.35. The quantitative estimate of drug-likeness (QED) is 0.814. The number of benzene rings is 1. The summed E-state index contributed by atoms with van der Waals surface area (Å²) in [7, 11) is 1.56. The van der Waals surface area contributed by atoms with Gasteiger partial charge in [-0.05, 0) is 18.2 Å². The maximum absolute atomic E-state index is 11.5. The minimum absolute atomic E-state index is 0.0494. The molecule has 0 unspecified atom stereocenters. The van der Waals surface area contributed by atoms with Crippen molar-refractivity contribution in [1.29, 1.82) is 0 Å². The SMILES string of the molecule is COCCOCC(=O)Nc1cc(Cl)ccc1Cl. The Balaban J connectivity index is 2.42. The first-order valence-corrected chi connectivity index (χ1v) is 5.70. The van der Waals surface area contributed by atoms with Crippen molar-refractivity contribution in [3.05, 3.63) is 28.2 Å². The average Bonchev–Trinajstić information content (AvgIpc) is 2.29. The highest BCUT2D eigenvalue weighted by Crippen LogP contribution is 2.25. The largest absolute Gasteiger partial charge is 0.382 e. The number of carbonyl (C=O) groups is 1. The van der Waals surface area contributed by atoms with Crippen LogP contribution in [0.25, 0.3) is 0 Å². The molecule has 0 aliphatic rings. The van der Waals surface area contributed by atoms with E-state index in [-0.39, 0.29) is 12.5 Å². The molecule has 1 aromatic carbocycles. The minimum atomic E-state index is -0.287. The van der Waals surface area contributed by atoms with Gasteiger partial charge in [-0.15, -0.1) is 0 Å². The van der Waals surface area contributed by atoms with Crippen molar-refractivity contribution in [1.82, 2.24) is 0 Å². The summed E-state index contributed by atoms with van der Waals surface area (Å²) in [5.41, 5.74) is 0.472. The number of carbonyl (C=O) groups excluding carboxylic acids is 1. The molecule has 0 aliphatic heterocycles. The molecule has 1 rings (SSSR count). The number of hydrogen-bond acceptors (Lipinski definition) is 3. The number of methoxy groups -OCH3 is 1. The fourth-order valence-electron chi connectivity index (χ4n) is 1.09. The van der Waals surface area contributed by atoms with Crippen LogP contribution in [0.2, 0.25) is 10.0 Å². The molecule has 0 bridgehead atoms. The Morgan fingerprint density at radius 1 is 1.35 bits per heavy atom. The van der Waals surface area contributed by atoms with Gasteiger partial charge in [0.05, 0.1) is 23.9 Å². The molecule has 1 N–H and O–H groups in total. The smallest absolute Gasteiger partial charge is 0.250 e. The predicted octanol–water partition coefficient (Wildman–Crippen LogP) is 2.59. The molecule has 0 spiro atoms. The first-order chi connectivity index (χ1) is 8.13. The summed E-state index contributed by atoms with van der Waals surface area (Å²) in [6.07, 6.45) is 0. The molecule has 0 saturated carbocycles. The zero-order valence-corrected chi connectivity index (χ0v) is 10.8. The van der Waals surface area contributed by atoms with E-state index in [0.717, 1.165) is 0 Å². The lowest BCUT2D eigenvalue weighted by molar-refractivity contribution is -0.121. The molecule has 94 valence electrons. The zero-order chi connectivity index (χ0) is 12.7. The monoisotopic (exact) mass is 277 g/mol. The minimum Gasteiger partial charge on any atom is -0.382 e. The van der Waals surface area contributed by atoms with Crippen LogP contribution in [0.3, 0.4) is 0 Å². The molecule has 0 radical (unpaired) electrons. The van der Waals surface area contributed by atoms with Crippen LogP contribution in [0, 0.1) is 0 Å². The van der Waals surface area contributed by atoms with Gasteiger partial charge < -0.3 is 14.8 Å². The van der Waals surface area contributed by atoms with Crippen LogP contribution in [0.4, 0.5) is 5.69 Å². The number of halogens is 2. The van der Waals surface area contributed by atoms with Gasteiger partial charge >= 0.3 is 0 Å². The third-order valence-corrected chi connectivity index (χ3v) is 2.43. The van der Waals surface area contributed by atoms with Crippen LogP contribution in [0.5, 0.6) is 0 Å². The van der Waals surface area contributed by atoms with Crippen molar-refractivity contribution in [2.45, 2.75) is 0 Å². The summed E-state index contributed by atoms with van der Waals surface area (Å²) in [6.45, 7) is 0.768. The Morgan fingerprint density at radius 2 is 2.12 bits per heavy atom. The van der Waals surface area contributed by atoms with Gasteiger partial charge in [0.1, 0.15) is 6.61 Å². The maximum Gasteiger partial charge on any atom is 0.250 e. The van der Waals surface area contributed by atoms with E-state index < -0.39 is 0 Å². The first-order valence-electron chi connectivity index (χ1n) is 4.95. The van der Waals surface area contributed by atoms with Gasteiger partial charge in [-0.25, -0.2) is 0 Å². The van der Waals surface area contributed by atoms with Crippen LogP contribution in [0.1, 0.15) is 0 Å². The molecule has 0 heterocycles. The fraction of sp³-hybridized carbons (Fsp3) is 0.364. The van der Waals surface area contributed by atoms with Gasteiger partial charge in [-0.3, -0.25) is 4.79 Å². The molecule has 0 aromatic heterocycles. The number of hydrogen-bond donors (Lipinski definition) is 1. The van der Waals surface area contributed by atoms with Crippen molar-refractivity contribution in [2.75, 3.05) is 32.2 Å². The lowest BCUT2D eigenvalue weighted by Gasteiger charge is -2.08. The fourth-order valence-corrected chi connectivity index (χ4v) is 1.42. The van der Waals surface area contributed by atoms with Gasteiger partial charge in [-0.2, -0.15) is 0 Å². The second-order valence-corrected chi connectivity index (χ2v) is 4.06. The van der Waals surface area contributed by atoms with E-state index in [1.54, 1.807) is 25.3 Å². The van der Waals surface area contributed by atoms with Crippen LogP contribution in [-0.4, -0.2) is 32.8 Å². The normalized spacial score (nSPS) is 10.3. The predicted molar refractivity (Wildman–Crippen MR) is 67.8 cm³/mol. The van der Waals surface area contributed by atoms with Crippen LogP contribution < -0.4 is 5.32 Å². The summed E-state index contributed by atoms with van der Waals surface area (Å²) in [4.78, 5) is 11.5. The number of anilines is 1. The summed E-state index contributed by atoms with van der Waals surface area (Å²) in [5.74, 6) is -0.287. The van der Waals surface area contributed by atoms with Crippen molar-refractivity contribution in [2.24, 2.45) is 0 Å². The molecule has 1 amide bonds. The van der Waals surface area contributed by atoms with Gasteiger partial charge in [0.25, 0.3) is 0 Å². The number of rotatable bonds is 6. The Bertz CT molecular complexity index is 385. The summed E-state index contributed by atoms with van der Waals surface area (Å²) >= 11 is 11.7. The average molecular weight is 278 g/mol. The van der Waals surface area contributed by atoms with E-state index >= 15 is 0 Å². The molecular formula is C11H13Cl2NO3. The summed E-state index contributed by atoms with van der Waals surface area (Å²) < 4.78 is 9.85. The number of amides is 1. The third-order valence-electron chi connectivity index (χ3n) is 1.87. The molecule has 0 saturated heterocycles. The second kappa shape index (κ2) is 7.50. The molecule has 1 aromatic rings. The topological polar surface area (TPSA) is 47.6 Å². The van der Waals surface area contributed by atoms with Crippen molar-refractivity contribution >= 4 is 34.8 Å². The zero-order valence-electron chi connectivity index (χ0n) is 9.33. The van der Waals surface area contributed by atoms with Crippen molar-refractivity contribution in [3.8, 4) is 0 Å². The Morgan fingerprint density at radius 3 is 2.82 bits per heavy atom. The molecule has 17 heavy (non-hydrogen) atoms. The Labute approximate surface area is 110 Å². The Hall–Kier alpha value is -0.810. The maximum atomic E-state index is 11.5. The van der Waals surface area contributed by atoms with E-state index in [4.69, 9.17) is 32.7 Å². The number of nitrogens with one attached hydrogen (secondary N) is 1. The summed E-state index contributed by atoms with van der Waals surface area (Å²) in [5, 5.41) is 3.54. The van der Waals surface area contributed by atoms with Gasteiger partial charge in [0.15, 0.2) is 0 Å². The first kappa shape index (κ1) is 14.3. The van der Waals surface area contributed by atoms with E-state index in [9.17, 15) is 4.79 Å². The Kier molecular flexibility index (Phi) is 6.29. The van der Waals surface area contributed by atoms with E-state index in [2.05, 4.69) is 5.32 Å². The second-order valence-electron chi connectivity index (χ2n) is 3.22. The molecule has 0 fully saturated rings. The van der Waals surface area contributed by atoms with E-state index in [1.807, 2.05) is 0 Å². The van der Waals surface area contributed by atoms with Gasteiger partial charge in [0, 0.05) is 12.1 Å². The lowest BCUT2D eigenvalue weighted by atomic mass is 10.3.